The van der Waals surface area contributed by atoms with E-state index < -0.39 is 11.6 Å². The van der Waals surface area contributed by atoms with E-state index in [0.29, 0.717) is 5.56 Å². The van der Waals surface area contributed by atoms with E-state index in [-0.39, 0.29) is 12.1 Å². The van der Waals surface area contributed by atoms with E-state index in [1.165, 1.54) is 17.0 Å². The summed E-state index contributed by atoms with van der Waals surface area (Å²) in [6.45, 7) is 3.89. The highest BCUT2D eigenvalue weighted by molar-refractivity contribution is 9.11. The zero-order chi connectivity index (χ0) is 14.0. The van der Waals surface area contributed by atoms with Crippen molar-refractivity contribution in [2.24, 2.45) is 0 Å². The van der Waals surface area contributed by atoms with Crippen LogP contribution in [0.5, 0.6) is 0 Å². The third-order valence-corrected chi connectivity index (χ3v) is 4.76. The molecule has 0 saturated carbocycles. The number of hydrogen-bond acceptors (Lipinski definition) is 2. The summed E-state index contributed by atoms with van der Waals surface area (Å²) in [5.41, 5.74) is 0.476. The van der Waals surface area contributed by atoms with Gasteiger partial charge < -0.3 is 5.32 Å². The highest BCUT2D eigenvalue weighted by Crippen LogP contribution is 2.29. The highest BCUT2D eigenvalue weighted by atomic mass is 79.9. The fraction of sp³-hybridized carbons (Fsp3) is 0.286. The Balaban J connectivity index is 2.10. The summed E-state index contributed by atoms with van der Waals surface area (Å²) in [7, 11) is 0. The molecule has 1 N–H and O–H groups in total. The second-order valence-corrected chi connectivity index (χ2v) is 6.91. The first-order valence-electron chi connectivity index (χ1n) is 5.93. The van der Waals surface area contributed by atoms with Crippen LogP contribution in [0.4, 0.5) is 8.78 Å². The molecule has 0 radical (unpaired) electrons. The van der Waals surface area contributed by atoms with E-state index in [1.807, 2.05) is 26.0 Å². The second kappa shape index (κ2) is 6.11. The lowest BCUT2D eigenvalue weighted by molar-refractivity contribution is 0.474. The first-order chi connectivity index (χ1) is 8.97. The van der Waals surface area contributed by atoms with Crippen LogP contribution in [0.25, 0.3) is 0 Å². The number of benzene rings is 1. The van der Waals surface area contributed by atoms with Crippen LogP contribution in [-0.4, -0.2) is 0 Å². The average molecular weight is 346 g/mol. The first kappa shape index (κ1) is 14.6. The largest absolute Gasteiger partial charge is 0.303 e. The summed E-state index contributed by atoms with van der Waals surface area (Å²) in [4.78, 5) is 1.17. The molecule has 0 fully saturated rings. The van der Waals surface area contributed by atoms with Crippen LogP contribution in [-0.2, 0) is 0 Å². The number of nitrogens with one attached hydrogen (secondary N) is 1. The van der Waals surface area contributed by atoms with Gasteiger partial charge in [-0.25, -0.2) is 8.78 Å². The van der Waals surface area contributed by atoms with E-state index in [4.69, 9.17) is 0 Å². The molecule has 2 rings (SSSR count). The number of thiophene rings is 1. The van der Waals surface area contributed by atoms with Gasteiger partial charge in [0.1, 0.15) is 11.6 Å². The Labute approximate surface area is 123 Å². The van der Waals surface area contributed by atoms with E-state index >= 15 is 0 Å². The van der Waals surface area contributed by atoms with E-state index in [9.17, 15) is 8.78 Å². The molecule has 0 aliphatic rings. The Kier molecular flexibility index (Phi) is 4.71. The average Bonchev–Trinajstić information content (AvgIpc) is 2.75. The minimum Gasteiger partial charge on any atom is -0.303 e. The highest BCUT2D eigenvalue weighted by Gasteiger charge is 2.16. The smallest absolute Gasteiger partial charge is 0.130 e. The Morgan fingerprint density at radius 2 is 1.84 bits per heavy atom. The molecule has 0 aliphatic carbocycles. The summed E-state index contributed by atoms with van der Waals surface area (Å²) in [6, 6.07) is 7.62. The van der Waals surface area contributed by atoms with Crippen LogP contribution < -0.4 is 5.32 Å². The molecule has 2 unspecified atom stereocenters. The maximum absolute atomic E-state index is 13.7. The second-order valence-electron chi connectivity index (χ2n) is 4.42. The zero-order valence-electron chi connectivity index (χ0n) is 10.6. The van der Waals surface area contributed by atoms with Crippen LogP contribution in [0.1, 0.15) is 36.4 Å². The molecule has 0 aliphatic heterocycles. The number of hydrogen-bond donors (Lipinski definition) is 1. The molecular formula is C14H14BrF2NS. The van der Waals surface area contributed by atoms with E-state index in [1.54, 1.807) is 11.3 Å². The van der Waals surface area contributed by atoms with E-state index in [2.05, 4.69) is 21.2 Å². The van der Waals surface area contributed by atoms with Crippen molar-refractivity contribution < 1.29 is 8.78 Å². The van der Waals surface area contributed by atoms with Gasteiger partial charge in [0.25, 0.3) is 0 Å². The van der Waals surface area contributed by atoms with Crippen LogP contribution in [0.3, 0.4) is 0 Å². The lowest BCUT2D eigenvalue weighted by Crippen LogP contribution is -2.22. The Morgan fingerprint density at radius 1 is 1.11 bits per heavy atom. The van der Waals surface area contributed by atoms with Gasteiger partial charge in [0.2, 0.25) is 0 Å². The third-order valence-electron chi connectivity index (χ3n) is 2.95. The lowest BCUT2D eigenvalue weighted by atomic mass is 10.1. The summed E-state index contributed by atoms with van der Waals surface area (Å²) in [5, 5.41) is 3.31. The van der Waals surface area contributed by atoms with Gasteiger partial charge in [-0.3, -0.25) is 0 Å². The van der Waals surface area contributed by atoms with Crippen LogP contribution in [0.2, 0.25) is 0 Å². The van der Waals surface area contributed by atoms with Crippen molar-refractivity contribution in [2.75, 3.05) is 0 Å². The van der Waals surface area contributed by atoms with Gasteiger partial charge in [0.05, 0.1) is 3.79 Å². The molecule has 102 valence electrons. The van der Waals surface area contributed by atoms with Crippen molar-refractivity contribution in [1.82, 2.24) is 5.32 Å². The van der Waals surface area contributed by atoms with Crippen LogP contribution in [0, 0.1) is 11.6 Å². The maximum atomic E-state index is 13.7. The minimum absolute atomic E-state index is 0.107. The first-order valence-corrected chi connectivity index (χ1v) is 7.54. The predicted molar refractivity (Wildman–Crippen MR) is 78.3 cm³/mol. The topological polar surface area (TPSA) is 12.0 Å². The van der Waals surface area contributed by atoms with Crippen LogP contribution in [0.15, 0.2) is 34.1 Å². The van der Waals surface area contributed by atoms with Crippen molar-refractivity contribution in [3.05, 3.63) is 56.2 Å². The molecule has 5 heteroatoms. The molecule has 2 aromatic rings. The predicted octanol–water partition coefficient (Wildman–Crippen LogP) is 5.20. The molecule has 19 heavy (non-hydrogen) atoms. The van der Waals surface area contributed by atoms with Crippen molar-refractivity contribution in [3.8, 4) is 0 Å². The number of halogens is 3. The molecule has 0 spiro atoms. The molecular weight excluding hydrogens is 332 g/mol. The van der Waals surface area contributed by atoms with Crippen molar-refractivity contribution in [2.45, 2.75) is 25.9 Å². The maximum Gasteiger partial charge on any atom is 0.130 e. The van der Waals surface area contributed by atoms with Crippen molar-refractivity contribution in [3.63, 3.8) is 0 Å². The summed E-state index contributed by atoms with van der Waals surface area (Å²) < 4.78 is 27.6. The quantitative estimate of drug-likeness (QED) is 0.802. The van der Waals surface area contributed by atoms with Crippen molar-refractivity contribution in [1.29, 1.82) is 0 Å². The zero-order valence-corrected chi connectivity index (χ0v) is 13.0. The fourth-order valence-corrected chi connectivity index (χ4v) is 3.40. The van der Waals surface area contributed by atoms with Gasteiger partial charge in [-0.15, -0.1) is 11.3 Å². The molecule has 1 aromatic carbocycles. The SMILES string of the molecule is CC(NC(C)c1ccc(F)cc1F)c1ccc(Br)s1. The van der Waals surface area contributed by atoms with E-state index in [0.717, 1.165) is 9.85 Å². The van der Waals surface area contributed by atoms with Crippen molar-refractivity contribution >= 4 is 27.3 Å². The third kappa shape index (κ3) is 3.61. The fourth-order valence-electron chi connectivity index (χ4n) is 1.96. The molecule has 1 nitrogen and oxygen atoms in total. The summed E-state index contributed by atoms with van der Waals surface area (Å²) in [6.07, 6.45) is 0. The van der Waals surface area contributed by atoms with Gasteiger partial charge in [-0.1, -0.05) is 6.07 Å². The van der Waals surface area contributed by atoms with Gasteiger partial charge in [0, 0.05) is 28.6 Å². The van der Waals surface area contributed by atoms with Crippen LogP contribution >= 0.6 is 27.3 Å². The molecule has 0 bridgehead atoms. The number of rotatable bonds is 4. The Morgan fingerprint density at radius 3 is 2.42 bits per heavy atom. The Bertz CT molecular complexity index is 570. The summed E-state index contributed by atoms with van der Waals surface area (Å²) >= 11 is 5.06. The molecule has 2 atom stereocenters. The molecule has 0 saturated heterocycles. The van der Waals surface area contributed by atoms with Gasteiger partial charge >= 0.3 is 0 Å². The lowest BCUT2D eigenvalue weighted by Gasteiger charge is -2.20. The Hall–Kier alpha value is -0.780. The van der Waals surface area contributed by atoms with Gasteiger partial charge in [0.15, 0.2) is 0 Å². The monoisotopic (exact) mass is 345 g/mol. The molecule has 1 heterocycles. The van der Waals surface area contributed by atoms with Gasteiger partial charge in [-0.2, -0.15) is 0 Å². The normalized spacial score (nSPS) is 14.4. The molecule has 0 amide bonds. The standard InChI is InChI=1S/C14H14BrF2NS/c1-8(11-4-3-10(16)7-12(11)17)18-9(2)13-5-6-14(15)19-13/h3-9,18H,1-2H3. The molecule has 1 aromatic heterocycles. The summed E-state index contributed by atoms with van der Waals surface area (Å²) in [5.74, 6) is -1.07. The van der Waals surface area contributed by atoms with Gasteiger partial charge in [-0.05, 0) is 48.0 Å². The minimum atomic E-state index is -0.552.